The maximum atomic E-state index is 13.9. The van der Waals surface area contributed by atoms with E-state index in [1.807, 2.05) is 6.92 Å². The molecule has 0 unspecified atom stereocenters. The van der Waals surface area contributed by atoms with Gasteiger partial charge in [0, 0.05) is 5.56 Å². The van der Waals surface area contributed by atoms with Crippen LogP contribution in [0.3, 0.4) is 0 Å². The Balaban J connectivity index is 1.83. The lowest BCUT2D eigenvalue weighted by atomic mass is 10.1. The molecule has 0 aromatic heterocycles. The third kappa shape index (κ3) is 4.56. The maximum Gasteiger partial charge on any atom is 0.273 e. The van der Waals surface area contributed by atoms with E-state index in [-0.39, 0.29) is 23.2 Å². The van der Waals surface area contributed by atoms with Crippen molar-refractivity contribution >= 4 is 40.9 Å². The molecule has 8 heteroatoms. The predicted octanol–water partition coefficient (Wildman–Crippen LogP) is 3.80. The minimum atomic E-state index is -0.434. The number of halogens is 2. The highest BCUT2D eigenvalue weighted by Gasteiger charge is 2.20. The van der Waals surface area contributed by atoms with E-state index in [4.69, 9.17) is 33.3 Å². The molecule has 1 amide bonds. The molecular weight excluding hydrogens is 391 g/mol. The zero-order valence-electron chi connectivity index (χ0n) is 14.3. The molecule has 27 heavy (non-hydrogen) atoms. The van der Waals surface area contributed by atoms with Gasteiger partial charge in [-0.2, -0.15) is 0 Å². The van der Waals surface area contributed by atoms with Gasteiger partial charge >= 0.3 is 0 Å². The first-order valence-corrected chi connectivity index (χ1v) is 8.93. The Morgan fingerprint density at radius 3 is 2.67 bits per heavy atom. The number of hydrogen-bond donors (Lipinski definition) is 2. The SMILES string of the molecule is CCOc1cc(/C=C2/NC(=S)NC2=O)ccc1OCc1c(F)cccc1Cl. The number of thiocarbonyl (C=S) groups is 1. The van der Waals surface area contributed by atoms with Gasteiger partial charge in [0.15, 0.2) is 16.6 Å². The summed E-state index contributed by atoms with van der Waals surface area (Å²) in [6, 6.07) is 9.64. The number of ether oxygens (including phenoxy) is 2. The van der Waals surface area contributed by atoms with Crippen molar-refractivity contribution in [2.24, 2.45) is 0 Å². The predicted molar refractivity (Wildman–Crippen MR) is 105 cm³/mol. The van der Waals surface area contributed by atoms with E-state index in [0.29, 0.717) is 28.8 Å². The molecule has 0 saturated carbocycles. The molecule has 2 aromatic carbocycles. The molecular formula is C19H16ClFN2O3S. The average molecular weight is 407 g/mol. The molecule has 1 heterocycles. The summed E-state index contributed by atoms with van der Waals surface area (Å²) in [5.41, 5.74) is 1.33. The Kier molecular flexibility index (Phi) is 5.93. The van der Waals surface area contributed by atoms with E-state index >= 15 is 0 Å². The van der Waals surface area contributed by atoms with Crippen LogP contribution in [0, 0.1) is 5.82 Å². The molecule has 0 aliphatic carbocycles. The van der Waals surface area contributed by atoms with Gasteiger partial charge < -0.3 is 14.8 Å². The molecule has 140 valence electrons. The fourth-order valence-electron chi connectivity index (χ4n) is 2.47. The number of nitrogens with one attached hydrogen (secondary N) is 2. The monoisotopic (exact) mass is 406 g/mol. The van der Waals surface area contributed by atoms with Gasteiger partial charge in [-0.15, -0.1) is 0 Å². The Morgan fingerprint density at radius 1 is 1.19 bits per heavy atom. The topological polar surface area (TPSA) is 59.6 Å². The Labute approximate surface area is 166 Å². The van der Waals surface area contributed by atoms with Crippen molar-refractivity contribution in [3.8, 4) is 11.5 Å². The molecule has 0 atom stereocenters. The molecule has 1 aliphatic heterocycles. The summed E-state index contributed by atoms with van der Waals surface area (Å²) in [7, 11) is 0. The third-order valence-electron chi connectivity index (χ3n) is 3.73. The van der Waals surface area contributed by atoms with Crippen LogP contribution >= 0.6 is 23.8 Å². The number of benzene rings is 2. The maximum absolute atomic E-state index is 13.9. The largest absolute Gasteiger partial charge is 0.490 e. The van der Waals surface area contributed by atoms with Crippen LogP contribution in [0.2, 0.25) is 5.02 Å². The van der Waals surface area contributed by atoms with Crippen molar-refractivity contribution < 1.29 is 18.7 Å². The summed E-state index contributed by atoms with van der Waals surface area (Å²) >= 11 is 10.9. The van der Waals surface area contributed by atoms with E-state index in [9.17, 15) is 9.18 Å². The van der Waals surface area contributed by atoms with Gasteiger partial charge in [0.1, 0.15) is 18.1 Å². The summed E-state index contributed by atoms with van der Waals surface area (Å²) in [4.78, 5) is 11.8. The van der Waals surface area contributed by atoms with Crippen molar-refractivity contribution in [2.75, 3.05) is 6.61 Å². The van der Waals surface area contributed by atoms with Gasteiger partial charge in [-0.25, -0.2) is 4.39 Å². The van der Waals surface area contributed by atoms with Crippen molar-refractivity contribution in [3.63, 3.8) is 0 Å². The van der Waals surface area contributed by atoms with E-state index in [1.165, 1.54) is 12.1 Å². The highest BCUT2D eigenvalue weighted by Crippen LogP contribution is 2.31. The summed E-state index contributed by atoms with van der Waals surface area (Å²) in [5, 5.41) is 5.83. The van der Waals surface area contributed by atoms with Gasteiger partial charge in [-0.05, 0) is 55.0 Å². The first-order chi connectivity index (χ1) is 13.0. The van der Waals surface area contributed by atoms with E-state index in [1.54, 1.807) is 30.3 Å². The normalized spacial score (nSPS) is 14.9. The zero-order chi connectivity index (χ0) is 19.4. The minimum absolute atomic E-state index is 0.0375. The van der Waals surface area contributed by atoms with Crippen LogP contribution < -0.4 is 20.1 Å². The number of rotatable bonds is 6. The summed E-state index contributed by atoms with van der Waals surface area (Å²) < 4.78 is 25.2. The van der Waals surface area contributed by atoms with Crippen LogP contribution in [-0.2, 0) is 11.4 Å². The van der Waals surface area contributed by atoms with Gasteiger partial charge in [-0.3, -0.25) is 10.1 Å². The molecule has 2 aromatic rings. The second-order valence-electron chi connectivity index (χ2n) is 5.59. The minimum Gasteiger partial charge on any atom is -0.490 e. The van der Waals surface area contributed by atoms with Crippen molar-refractivity contribution in [1.82, 2.24) is 10.6 Å². The lowest BCUT2D eigenvalue weighted by molar-refractivity contribution is -0.115. The molecule has 1 aliphatic rings. The van der Waals surface area contributed by atoms with Crippen molar-refractivity contribution in [3.05, 3.63) is 64.1 Å². The molecule has 0 radical (unpaired) electrons. The van der Waals surface area contributed by atoms with Gasteiger partial charge in [0.2, 0.25) is 0 Å². The highest BCUT2D eigenvalue weighted by molar-refractivity contribution is 7.80. The summed E-state index contributed by atoms with van der Waals surface area (Å²) in [5.74, 6) is 0.182. The van der Waals surface area contributed by atoms with E-state index < -0.39 is 5.82 Å². The molecule has 5 nitrogen and oxygen atoms in total. The Morgan fingerprint density at radius 2 is 2.00 bits per heavy atom. The fourth-order valence-corrected chi connectivity index (χ4v) is 2.89. The van der Waals surface area contributed by atoms with Crippen molar-refractivity contribution in [1.29, 1.82) is 0 Å². The lowest BCUT2D eigenvalue weighted by Crippen LogP contribution is -2.21. The number of amides is 1. The fraction of sp³-hybridized carbons (Fsp3) is 0.158. The quantitative estimate of drug-likeness (QED) is 0.564. The van der Waals surface area contributed by atoms with E-state index in [2.05, 4.69) is 10.6 Å². The summed E-state index contributed by atoms with van der Waals surface area (Å²) in [6.07, 6.45) is 1.65. The van der Waals surface area contributed by atoms with Gasteiger partial charge in [0.05, 0.1) is 11.6 Å². The number of carbonyl (C=O) groups excluding carboxylic acids is 1. The van der Waals surface area contributed by atoms with Crippen LogP contribution in [0.25, 0.3) is 6.08 Å². The average Bonchev–Trinajstić information content (AvgIpc) is 2.93. The van der Waals surface area contributed by atoms with Crippen LogP contribution in [0.15, 0.2) is 42.1 Å². The smallest absolute Gasteiger partial charge is 0.273 e. The van der Waals surface area contributed by atoms with Crippen LogP contribution in [0.4, 0.5) is 4.39 Å². The van der Waals surface area contributed by atoms with Gasteiger partial charge in [-0.1, -0.05) is 23.7 Å². The molecule has 1 fully saturated rings. The van der Waals surface area contributed by atoms with Gasteiger partial charge in [0.25, 0.3) is 5.91 Å². The van der Waals surface area contributed by atoms with Crippen LogP contribution in [0.1, 0.15) is 18.1 Å². The first kappa shape index (κ1) is 19.1. The third-order valence-corrected chi connectivity index (χ3v) is 4.29. The second-order valence-corrected chi connectivity index (χ2v) is 6.41. The number of carbonyl (C=O) groups is 1. The highest BCUT2D eigenvalue weighted by atomic mass is 35.5. The Hall–Kier alpha value is -2.64. The van der Waals surface area contributed by atoms with E-state index in [0.717, 1.165) is 5.56 Å². The Bertz CT molecular complexity index is 913. The first-order valence-electron chi connectivity index (χ1n) is 8.14. The molecule has 0 bridgehead atoms. The molecule has 1 saturated heterocycles. The lowest BCUT2D eigenvalue weighted by Gasteiger charge is -2.14. The molecule has 0 spiro atoms. The standard InChI is InChI=1S/C19H16ClFN2O3S/c1-2-25-17-9-11(8-15-18(24)23-19(27)22-15)6-7-16(17)26-10-12-13(20)4-3-5-14(12)21/h3-9H,2,10H2,1H3,(H2,22,23,24,27)/b15-8+. The second kappa shape index (κ2) is 8.37. The van der Waals surface area contributed by atoms with Crippen LogP contribution in [0.5, 0.6) is 11.5 Å². The molecule has 3 rings (SSSR count). The van der Waals surface area contributed by atoms with Crippen LogP contribution in [-0.4, -0.2) is 17.6 Å². The van der Waals surface area contributed by atoms with Crippen molar-refractivity contribution in [2.45, 2.75) is 13.5 Å². The summed E-state index contributed by atoms with van der Waals surface area (Å²) in [6.45, 7) is 2.22. The number of hydrogen-bond acceptors (Lipinski definition) is 4. The molecule has 2 N–H and O–H groups in total. The zero-order valence-corrected chi connectivity index (χ0v) is 15.9.